The molecule has 0 aliphatic heterocycles. The number of benzene rings is 1. The Bertz CT molecular complexity index is 510. The molecule has 1 unspecified atom stereocenters. The maximum Gasteiger partial charge on any atom is 0.242 e. The van der Waals surface area contributed by atoms with E-state index in [2.05, 4.69) is 0 Å². The van der Waals surface area contributed by atoms with E-state index in [4.69, 9.17) is 0 Å². The molecule has 0 N–H and O–H groups in total. The van der Waals surface area contributed by atoms with E-state index >= 15 is 0 Å². The fourth-order valence-electron chi connectivity index (χ4n) is 1.79. The minimum atomic E-state index is -3.52. The molecule has 0 aromatic heterocycles. The summed E-state index contributed by atoms with van der Waals surface area (Å²) in [5.41, 5.74) is 0.840. The molecule has 102 valence electrons. The molecule has 0 aliphatic carbocycles. The van der Waals surface area contributed by atoms with Gasteiger partial charge in [-0.25, -0.2) is 17.2 Å². The molecule has 18 heavy (non-hydrogen) atoms. The molecule has 0 heterocycles. The van der Waals surface area contributed by atoms with Gasteiger partial charge in [-0.05, 0) is 37.5 Å². The molecule has 2 nitrogen and oxygen atoms in total. The molecular formula is C13H18F2O2S. The maximum atomic E-state index is 12.6. The topological polar surface area (TPSA) is 34.1 Å². The van der Waals surface area contributed by atoms with Gasteiger partial charge >= 0.3 is 0 Å². The lowest BCUT2D eigenvalue weighted by Crippen LogP contribution is -2.19. The predicted octanol–water partition coefficient (Wildman–Crippen LogP) is 3.37. The van der Waals surface area contributed by atoms with Crippen molar-refractivity contribution in [1.82, 2.24) is 0 Å². The third kappa shape index (κ3) is 3.07. The van der Waals surface area contributed by atoms with Crippen LogP contribution >= 0.6 is 0 Å². The SMILES string of the molecule is CCC(C)S(=O)(=O)c1cccc(C)c1CC(F)F. The van der Waals surface area contributed by atoms with E-state index in [0.717, 1.165) is 0 Å². The molecule has 0 saturated carbocycles. The van der Waals surface area contributed by atoms with Gasteiger partial charge in [-0.2, -0.15) is 0 Å². The highest BCUT2D eigenvalue weighted by Gasteiger charge is 2.26. The maximum absolute atomic E-state index is 12.6. The van der Waals surface area contributed by atoms with Crippen molar-refractivity contribution in [2.75, 3.05) is 0 Å². The van der Waals surface area contributed by atoms with E-state index in [1.165, 1.54) is 6.07 Å². The Hall–Kier alpha value is -0.970. The Balaban J connectivity index is 3.37. The summed E-state index contributed by atoms with van der Waals surface area (Å²) >= 11 is 0. The first-order chi connectivity index (χ1) is 8.30. The average Bonchev–Trinajstić information content (AvgIpc) is 2.29. The van der Waals surface area contributed by atoms with Gasteiger partial charge in [0, 0.05) is 6.42 Å². The van der Waals surface area contributed by atoms with E-state index in [9.17, 15) is 17.2 Å². The van der Waals surface area contributed by atoms with Crippen molar-refractivity contribution in [3.05, 3.63) is 29.3 Å². The highest BCUT2D eigenvalue weighted by molar-refractivity contribution is 7.92. The van der Waals surface area contributed by atoms with E-state index in [1.807, 2.05) is 0 Å². The number of sulfone groups is 1. The van der Waals surface area contributed by atoms with Crippen LogP contribution in [0.15, 0.2) is 23.1 Å². The summed E-state index contributed by atoms with van der Waals surface area (Å²) in [7, 11) is -3.52. The molecule has 1 aromatic rings. The number of hydrogen-bond acceptors (Lipinski definition) is 2. The zero-order chi connectivity index (χ0) is 13.9. The van der Waals surface area contributed by atoms with Gasteiger partial charge in [-0.1, -0.05) is 19.1 Å². The molecule has 0 aliphatic rings. The normalized spacial score (nSPS) is 13.9. The Labute approximate surface area is 107 Å². The predicted molar refractivity (Wildman–Crippen MR) is 67.8 cm³/mol. The molecule has 1 atom stereocenters. The minimum Gasteiger partial charge on any atom is -0.223 e. The summed E-state index contributed by atoms with van der Waals surface area (Å²) in [5.74, 6) is 0. The summed E-state index contributed by atoms with van der Waals surface area (Å²) in [4.78, 5) is 0.0529. The third-order valence-corrected chi connectivity index (χ3v) is 5.53. The van der Waals surface area contributed by atoms with Crippen LogP contribution in [0.5, 0.6) is 0 Å². The van der Waals surface area contributed by atoms with Gasteiger partial charge in [-0.15, -0.1) is 0 Å². The van der Waals surface area contributed by atoms with Gasteiger partial charge in [0.25, 0.3) is 0 Å². The highest BCUT2D eigenvalue weighted by atomic mass is 32.2. The molecule has 1 aromatic carbocycles. The standard InChI is InChI=1S/C13H18F2O2S/c1-4-10(3)18(16,17)12-7-5-6-9(2)11(12)8-13(14)15/h5-7,10,13H,4,8H2,1-3H3. The summed E-state index contributed by atoms with van der Waals surface area (Å²) in [5, 5.41) is -0.560. The van der Waals surface area contributed by atoms with Gasteiger partial charge in [0.1, 0.15) is 0 Å². The molecule has 0 saturated heterocycles. The highest BCUT2D eigenvalue weighted by Crippen LogP contribution is 2.26. The second kappa shape index (κ2) is 5.78. The van der Waals surface area contributed by atoms with Crippen LogP contribution in [-0.4, -0.2) is 20.1 Å². The Morgan fingerprint density at radius 1 is 1.28 bits per heavy atom. The zero-order valence-corrected chi connectivity index (χ0v) is 11.6. The van der Waals surface area contributed by atoms with Crippen molar-refractivity contribution in [3.8, 4) is 0 Å². The van der Waals surface area contributed by atoms with Crippen LogP contribution < -0.4 is 0 Å². The van der Waals surface area contributed by atoms with Crippen LogP contribution in [-0.2, 0) is 16.3 Å². The molecule has 0 radical (unpaired) electrons. The third-order valence-electron chi connectivity index (χ3n) is 3.14. The van der Waals surface area contributed by atoms with Crippen molar-refractivity contribution in [2.24, 2.45) is 0 Å². The number of alkyl halides is 2. The Morgan fingerprint density at radius 3 is 2.39 bits per heavy atom. The van der Waals surface area contributed by atoms with Gasteiger partial charge < -0.3 is 0 Å². The summed E-state index contributed by atoms with van der Waals surface area (Å²) in [6.07, 6.45) is -2.60. The van der Waals surface area contributed by atoms with E-state index < -0.39 is 27.9 Å². The second-order valence-electron chi connectivity index (χ2n) is 4.41. The van der Waals surface area contributed by atoms with E-state index in [1.54, 1.807) is 32.9 Å². The van der Waals surface area contributed by atoms with Crippen LogP contribution in [0, 0.1) is 6.92 Å². The van der Waals surface area contributed by atoms with Crippen LogP contribution in [0.25, 0.3) is 0 Å². The van der Waals surface area contributed by atoms with Crippen molar-refractivity contribution in [1.29, 1.82) is 0 Å². The van der Waals surface area contributed by atoms with Crippen LogP contribution in [0.2, 0.25) is 0 Å². The van der Waals surface area contributed by atoms with Gasteiger partial charge in [0.15, 0.2) is 9.84 Å². The Kier molecular flexibility index (Phi) is 4.85. The minimum absolute atomic E-state index is 0.0529. The lowest BCUT2D eigenvalue weighted by molar-refractivity contribution is 0.148. The number of rotatable bonds is 5. The van der Waals surface area contributed by atoms with Crippen molar-refractivity contribution in [2.45, 2.75) is 50.2 Å². The lowest BCUT2D eigenvalue weighted by Gasteiger charge is -2.16. The zero-order valence-electron chi connectivity index (χ0n) is 10.8. The fourth-order valence-corrected chi connectivity index (χ4v) is 3.52. The quantitative estimate of drug-likeness (QED) is 0.826. The Morgan fingerprint density at radius 2 is 1.89 bits per heavy atom. The van der Waals surface area contributed by atoms with Crippen LogP contribution in [0.1, 0.15) is 31.4 Å². The monoisotopic (exact) mass is 276 g/mol. The number of hydrogen-bond donors (Lipinski definition) is 0. The first kappa shape index (κ1) is 15.1. The van der Waals surface area contributed by atoms with Gasteiger partial charge in [0.05, 0.1) is 10.1 Å². The molecule has 0 spiro atoms. The molecule has 0 fully saturated rings. The van der Waals surface area contributed by atoms with E-state index in [-0.39, 0.29) is 10.5 Å². The van der Waals surface area contributed by atoms with Crippen molar-refractivity contribution >= 4 is 9.84 Å². The summed E-state index contributed by atoms with van der Waals surface area (Å²) in [6, 6.07) is 4.68. The number of aryl methyl sites for hydroxylation is 1. The molecule has 0 amide bonds. The number of halogens is 2. The first-order valence-corrected chi connectivity index (χ1v) is 7.45. The molecule has 5 heteroatoms. The van der Waals surface area contributed by atoms with Crippen LogP contribution in [0.3, 0.4) is 0 Å². The molecule has 0 bridgehead atoms. The summed E-state index contributed by atoms with van der Waals surface area (Å²) in [6.45, 7) is 5.03. The fraction of sp³-hybridized carbons (Fsp3) is 0.538. The van der Waals surface area contributed by atoms with Gasteiger partial charge in [0.2, 0.25) is 6.43 Å². The second-order valence-corrected chi connectivity index (χ2v) is 6.75. The van der Waals surface area contributed by atoms with Gasteiger partial charge in [-0.3, -0.25) is 0 Å². The summed E-state index contributed by atoms with van der Waals surface area (Å²) < 4.78 is 49.7. The first-order valence-electron chi connectivity index (χ1n) is 5.91. The van der Waals surface area contributed by atoms with E-state index in [0.29, 0.717) is 12.0 Å². The molecule has 1 rings (SSSR count). The van der Waals surface area contributed by atoms with Crippen molar-refractivity contribution in [3.63, 3.8) is 0 Å². The average molecular weight is 276 g/mol. The smallest absolute Gasteiger partial charge is 0.223 e. The largest absolute Gasteiger partial charge is 0.242 e. The van der Waals surface area contributed by atoms with Crippen molar-refractivity contribution < 1.29 is 17.2 Å². The van der Waals surface area contributed by atoms with Crippen LogP contribution in [0.4, 0.5) is 8.78 Å². The lowest BCUT2D eigenvalue weighted by atomic mass is 10.1. The molecular weight excluding hydrogens is 258 g/mol.